The second-order valence-corrected chi connectivity index (χ2v) is 12.5. The summed E-state index contributed by atoms with van der Waals surface area (Å²) in [5.74, 6) is -0.286. The first-order valence-electron chi connectivity index (χ1n) is 14.2. The van der Waals surface area contributed by atoms with E-state index < -0.39 is 0 Å². The number of aryl methyl sites for hydroxylation is 1. The number of aromatic nitrogens is 3. The molecule has 0 aliphatic carbocycles. The van der Waals surface area contributed by atoms with Crippen LogP contribution in [0, 0.1) is 10.5 Å². The summed E-state index contributed by atoms with van der Waals surface area (Å²) in [6.45, 7) is 1.99. The van der Waals surface area contributed by atoms with E-state index >= 15 is 0 Å². The SMILES string of the molecule is Cc1[nH]c2ccccc2c1/C=N/NC(=O)c1cccc(I)c1.Nc1c(C(=O)c2ccccc2)sc2nc(-c3cccnc3)ccc12. The van der Waals surface area contributed by atoms with Gasteiger partial charge >= 0.3 is 0 Å². The van der Waals surface area contributed by atoms with Gasteiger partial charge in [-0.3, -0.25) is 14.6 Å². The summed E-state index contributed by atoms with van der Waals surface area (Å²) in [6.07, 6.45) is 5.17. The number of H-pyrrole nitrogens is 1. The van der Waals surface area contributed by atoms with Gasteiger partial charge in [0, 0.05) is 60.2 Å². The zero-order chi connectivity index (χ0) is 32.0. The maximum Gasteiger partial charge on any atom is 0.271 e. The summed E-state index contributed by atoms with van der Waals surface area (Å²) in [6, 6.07) is 32.2. The molecular formula is C36H27IN6O2S. The van der Waals surface area contributed by atoms with Crippen molar-refractivity contribution in [2.24, 2.45) is 5.10 Å². The number of nitrogens with zero attached hydrogens (tertiary/aromatic N) is 3. The number of carbonyl (C=O) groups is 2. The molecule has 0 atom stereocenters. The zero-order valence-electron chi connectivity index (χ0n) is 24.6. The largest absolute Gasteiger partial charge is 0.397 e. The molecule has 0 radical (unpaired) electrons. The van der Waals surface area contributed by atoms with Gasteiger partial charge in [0.05, 0.1) is 17.6 Å². The van der Waals surface area contributed by atoms with Gasteiger partial charge in [0.15, 0.2) is 0 Å². The fourth-order valence-electron chi connectivity index (χ4n) is 4.88. The number of pyridine rings is 2. The Labute approximate surface area is 282 Å². The van der Waals surface area contributed by atoms with Crippen LogP contribution in [0.3, 0.4) is 0 Å². The number of nitrogens with two attached hydrogens (primary N) is 1. The van der Waals surface area contributed by atoms with E-state index in [0.29, 0.717) is 21.7 Å². The highest BCUT2D eigenvalue weighted by Gasteiger charge is 2.19. The summed E-state index contributed by atoms with van der Waals surface area (Å²) in [5, 5.41) is 5.99. The monoisotopic (exact) mass is 734 g/mol. The molecule has 7 aromatic rings. The number of amides is 1. The summed E-state index contributed by atoms with van der Waals surface area (Å²) in [7, 11) is 0. The van der Waals surface area contributed by atoms with Gasteiger partial charge in [-0.2, -0.15) is 5.10 Å². The lowest BCUT2D eigenvalue weighted by Gasteiger charge is -2.00. The average Bonchev–Trinajstić information content (AvgIpc) is 3.60. The Kier molecular flexibility index (Phi) is 9.27. The highest BCUT2D eigenvalue weighted by atomic mass is 127. The summed E-state index contributed by atoms with van der Waals surface area (Å²) in [5.41, 5.74) is 15.3. The van der Waals surface area contributed by atoms with E-state index in [-0.39, 0.29) is 11.7 Å². The van der Waals surface area contributed by atoms with Crippen LogP contribution in [-0.2, 0) is 0 Å². The van der Waals surface area contributed by atoms with Crippen molar-refractivity contribution in [2.45, 2.75) is 6.92 Å². The second kappa shape index (κ2) is 13.8. The molecule has 8 nitrogen and oxygen atoms in total. The van der Waals surface area contributed by atoms with Crippen molar-refractivity contribution in [1.82, 2.24) is 20.4 Å². The number of para-hydroxylation sites is 1. The van der Waals surface area contributed by atoms with Crippen molar-refractivity contribution in [3.05, 3.63) is 146 Å². The maximum atomic E-state index is 12.7. The topological polar surface area (TPSA) is 126 Å². The van der Waals surface area contributed by atoms with E-state index in [9.17, 15) is 9.59 Å². The lowest BCUT2D eigenvalue weighted by atomic mass is 10.1. The number of hydrazone groups is 1. The predicted molar refractivity (Wildman–Crippen MR) is 194 cm³/mol. The van der Waals surface area contributed by atoms with Crippen molar-refractivity contribution in [3.63, 3.8) is 0 Å². The van der Waals surface area contributed by atoms with Crippen LogP contribution in [0.4, 0.5) is 5.69 Å². The molecular weight excluding hydrogens is 707 g/mol. The molecule has 226 valence electrons. The van der Waals surface area contributed by atoms with E-state index in [0.717, 1.165) is 47.2 Å². The molecule has 3 aromatic carbocycles. The number of thiophene rings is 1. The van der Waals surface area contributed by atoms with Crippen LogP contribution in [0.25, 0.3) is 32.4 Å². The van der Waals surface area contributed by atoms with Crippen molar-refractivity contribution < 1.29 is 9.59 Å². The minimum atomic E-state index is -0.215. The van der Waals surface area contributed by atoms with Crippen LogP contribution in [0.2, 0.25) is 0 Å². The molecule has 0 aliphatic rings. The fourth-order valence-corrected chi connectivity index (χ4v) is 6.47. The molecule has 0 spiro atoms. The third-order valence-electron chi connectivity index (χ3n) is 7.18. The number of rotatable bonds is 6. The molecule has 7 rings (SSSR count). The van der Waals surface area contributed by atoms with E-state index in [1.54, 1.807) is 36.8 Å². The first kappa shape index (κ1) is 30.8. The molecule has 4 aromatic heterocycles. The number of hydrogen-bond acceptors (Lipinski definition) is 7. The molecule has 46 heavy (non-hydrogen) atoms. The number of ketones is 1. The minimum Gasteiger partial charge on any atom is -0.397 e. The Morgan fingerprint density at radius 2 is 1.70 bits per heavy atom. The first-order chi connectivity index (χ1) is 22.4. The number of hydrogen-bond donors (Lipinski definition) is 3. The summed E-state index contributed by atoms with van der Waals surface area (Å²) in [4.78, 5) is 38.1. The first-order valence-corrected chi connectivity index (χ1v) is 16.1. The van der Waals surface area contributed by atoms with Crippen LogP contribution >= 0.6 is 33.9 Å². The molecule has 0 fully saturated rings. The molecule has 0 saturated heterocycles. The Bertz CT molecular complexity index is 2210. The van der Waals surface area contributed by atoms with Gasteiger partial charge in [0.1, 0.15) is 9.71 Å². The van der Waals surface area contributed by atoms with Crippen LogP contribution in [0.5, 0.6) is 0 Å². The third-order valence-corrected chi connectivity index (χ3v) is 8.97. The van der Waals surface area contributed by atoms with E-state index in [4.69, 9.17) is 5.73 Å². The number of nitrogens with one attached hydrogen (secondary N) is 2. The highest BCUT2D eigenvalue weighted by molar-refractivity contribution is 14.1. The van der Waals surface area contributed by atoms with Crippen LogP contribution in [0.15, 0.2) is 121 Å². The third kappa shape index (κ3) is 6.72. The number of nitrogen functional groups attached to an aromatic ring is 1. The maximum absolute atomic E-state index is 12.7. The smallest absolute Gasteiger partial charge is 0.271 e. The van der Waals surface area contributed by atoms with E-state index in [1.807, 2.05) is 91.9 Å². The normalized spacial score (nSPS) is 11.0. The van der Waals surface area contributed by atoms with Gasteiger partial charge < -0.3 is 10.7 Å². The Morgan fingerprint density at radius 3 is 2.48 bits per heavy atom. The Hall–Kier alpha value is -5.20. The van der Waals surface area contributed by atoms with E-state index in [1.165, 1.54) is 11.3 Å². The number of fused-ring (bicyclic) bond motifs is 2. The number of benzene rings is 3. The number of anilines is 1. The second-order valence-electron chi connectivity index (χ2n) is 10.2. The standard InChI is InChI=1S/C19H13N3OS.C17H14IN3O/c20-16-14-8-9-15(13-7-4-10-21-11-13)22-19(14)24-18(16)17(23)12-5-2-1-3-6-12;1-11-15(14-7-2-3-8-16(14)20-11)10-19-21-17(22)12-5-4-6-13(18)9-12/h1-11H,20H2;2-10,20H,1H3,(H,21,22)/b;19-10+. The van der Waals surface area contributed by atoms with Gasteiger partial charge in [0.2, 0.25) is 5.78 Å². The Balaban J connectivity index is 0.000000162. The van der Waals surface area contributed by atoms with Gasteiger partial charge in [-0.15, -0.1) is 11.3 Å². The molecule has 0 saturated carbocycles. The van der Waals surface area contributed by atoms with Gasteiger partial charge in [-0.25, -0.2) is 10.4 Å². The van der Waals surface area contributed by atoms with Gasteiger partial charge in [-0.05, 0) is 78.0 Å². The molecule has 0 bridgehead atoms. The molecule has 0 aliphatic heterocycles. The molecule has 10 heteroatoms. The number of carbonyl (C=O) groups excluding carboxylic acids is 2. The molecule has 1 amide bonds. The molecule has 0 unspecified atom stereocenters. The van der Waals surface area contributed by atoms with Gasteiger partial charge in [0.25, 0.3) is 5.91 Å². The lowest BCUT2D eigenvalue weighted by Crippen LogP contribution is -2.17. The van der Waals surface area contributed by atoms with Crippen LogP contribution in [0.1, 0.15) is 36.9 Å². The van der Waals surface area contributed by atoms with Crippen LogP contribution in [-0.4, -0.2) is 32.9 Å². The summed E-state index contributed by atoms with van der Waals surface area (Å²) < 4.78 is 1.02. The number of aromatic amines is 1. The van der Waals surface area contributed by atoms with Gasteiger partial charge in [-0.1, -0.05) is 54.6 Å². The predicted octanol–water partition coefficient (Wildman–Crippen LogP) is 8.02. The quantitative estimate of drug-likeness (QED) is 0.0691. The lowest BCUT2D eigenvalue weighted by molar-refractivity contribution is 0.0954. The highest BCUT2D eigenvalue weighted by Crippen LogP contribution is 2.35. The van der Waals surface area contributed by atoms with Crippen molar-refractivity contribution in [3.8, 4) is 11.3 Å². The van der Waals surface area contributed by atoms with Crippen molar-refractivity contribution >= 4 is 78.6 Å². The number of halogens is 1. The fraction of sp³-hybridized carbons (Fsp3) is 0.0278. The zero-order valence-corrected chi connectivity index (χ0v) is 27.5. The molecule has 4 heterocycles. The van der Waals surface area contributed by atoms with Crippen LogP contribution < -0.4 is 11.2 Å². The molecule has 4 N–H and O–H groups in total. The van der Waals surface area contributed by atoms with Crippen molar-refractivity contribution in [1.29, 1.82) is 0 Å². The van der Waals surface area contributed by atoms with E-state index in [2.05, 4.69) is 48.1 Å². The van der Waals surface area contributed by atoms with Crippen molar-refractivity contribution in [2.75, 3.05) is 5.73 Å². The minimum absolute atomic E-state index is 0.0703. The average molecular weight is 735 g/mol. The Morgan fingerprint density at radius 1 is 0.913 bits per heavy atom. The summed E-state index contributed by atoms with van der Waals surface area (Å²) >= 11 is 3.51.